The summed E-state index contributed by atoms with van der Waals surface area (Å²) in [6.07, 6.45) is 4.12. The van der Waals surface area contributed by atoms with Gasteiger partial charge in [-0.15, -0.1) is 0 Å². The third kappa shape index (κ3) is 2.21. The monoisotopic (exact) mass is 247 g/mol. The van der Waals surface area contributed by atoms with Gasteiger partial charge in [-0.1, -0.05) is 0 Å². The highest BCUT2D eigenvalue weighted by atomic mass is 32.1. The van der Waals surface area contributed by atoms with E-state index in [0.29, 0.717) is 18.3 Å². The third-order valence-corrected chi connectivity index (χ3v) is 3.63. The van der Waals surface area contributed by atoms with Crippen molar-refractivity contribution >= 4 is 22.4 Å². The average Bonchev–Trinajstić information content (AvgIpc) is 3.12. The lowest BCUT2D eigenvalue weighted by Gasteiger charge is -2.05. The zero-order valence-electron chi connectivity index (χ0n) is 9.26. The van der Waals surface area contributed by atoms with Gasteiger partial charge in [-0.2, -0.15) is 14.6 Å². The summed E-state index contributed by atoms with van der Waals surface area (Å²) in [5.41, 5.74) is 7.99. The van der Waals surface area contributed by atoms with Crippen LogP contribution in [0.25, 0.3) is 0 Å². The van der Waals surface area contributed by atoms with E-state index in [0.717, 1.165) is 10.7 Å². The normalized spacial score (nSPS) is 14.8. The fraction of sp³-hybridized carbons (Fsp3) is 0.364. The van der Waals surface area contributed by atoms with Crippen LogP contribution in [0.1, 0.15) is 30.0 Å². The molecular weight excluding hydrogens is 234 g/mol. The number of anilines is 2. The molecule has 0 bridgehead atoms. The first-order valence-electron chi connectivity index (χ1n) is 5.60. The highest BCUT2D eigenvalue weighted by Gasteiger charge is 2.30. The first-order valence-corrected chi connectivity index (χ1v) is 6.37. The fourth-order valence-corrected chi connectivity index (χ4v) is 2.60. The van der Waals surface area contributed by atoms with E-state index < -0.39 is 0 Å². The number of nitrogen functional groups attached to an aromatic ring is 1. The molecule has 88 valence electrons. The first kappa shape index (κ1) is 10.5. The summed E-state index contributed by atoms with van der Waals surface area (Å²) in [4.78, 5) is 0. The minimum absolute atomic E-state index is 0.609. The predicted molar refractivity (Wildman–Crippen MR) is 67.9 cm³/mol. The van der Waals surface area contributed by atoms with Crippen LogP contribution in [0.2, 0.25) is 0 Å². The standard InChI is InChI=1S/C11H13N5S/c12-10-9(7-3-4-7)11(17-16-10)13-6-8-2-1-5-14-15-8/h1-2,5,7,13H,3-4,6H2,(H2,12,16). The van der Waals surface area contributed by atoms with Crippen molar-refractivity contribution < 1.29 is 0 Å². The molecular formula is C11H13N5S. The van der Waals surface area contributed by atoms with Gasteiger partial charge in [-0.3, -0.25) is 0 Å². The van der Waals surface area contributed by atoms with E-state index in [2.05, 4.69) is 19.9 Å². The Hall–Kier alpha value is -1.69. The van der Waals surface area contributed by atoms with E-state index in [1.807, 2.05) is 12.1 Å². The Labute approximate surface area is 103 Å². The molecule has 1 fully saturated rings. The Morgan fingerprint density at radius 1 is 1.47 bits per heavy atom. The van der Waals surface area contributed by atoms with Crippen molar-refractivity contribution in [1.82, 2.24) is 14.6 Å². The molecule has 6 heteroatoms. The molecule has 0 atom stereocenters. The lowest BCUT2D eigenvalue weighted by Crippen LogP contribution is -2.03. The number of hydrogen-bond acceptors (Lipinski definition) is 6. The van der Waals surface area contributed by atoms with Gasteiger partial charge in [-0.25, -0.2) is 0 Å². The minimum Gasteiger partial charge on any atom is -0.383 e. The number of nitrogens with one attached hydrogen (secondary N) is 1. The van der Waals surface area contributed by atoms with Crippen LogP contribution in [0.3, 0.4) is 0 Å². The number of nitrogens with two attached hydrogens (primary N) is 1. The topological polar surface area (TPSA) is 76.7 Å². The second-order valence-electron chi connectivity index (χ2n) is 4.15. The average molecular weight is 247 g/mol. The molecule has 1 saturated carbocycles. The number of hydrogen-bond donors (Lipinski definition) is 2. The van der Waals surface area contributed by atoms with Gasteiger partial charge in [0.1, 0.15) is 10.8 Å². The molecule has 0 aromatic carbocycles. The van der Waals surface area contributed by atoms with E-state index in [1.165, 1.54) is 29.9 Å². The van der Waals surface area contributed by atoms with Crippen molar-refractivity contribution in [3.63, 3.8) is 0 Å². The Balaban J connectivity index is 1.73. The molecule has 2 aromatic rings. The van der Waals surface area contributed by atoms with E-state index in [1.54, 1.807) is 6.20 Å². The van der Waals surface area contributed by atoms with Crippen molar-refractivity contribution in [1.29, 1.82) is 0 Å². The highest BCUT2D eigenvalue weighted by molar-refractivity contribution is 7.10. The summed E-state index contributed by atoms with van der Waals surface area (Å²) in [6, 6.07) is 3.83. The smallest absolute Gasteiger partial charge is 0.142 e. The second-order valence-corrected chi connectivity index (χ2v) is 4.93. The van der Waals surface area contributed by atoms with E-state index in [-0.39, 0.29) is 0 Å². The Kier molecular flexibility index (Phi) is 2.64. The quantitative estimate of drug-likeness (QED) is 0.864. The van der Waals surface area contributed by atoms with Crippen LogP contribution in [0, 0.1) is 0 Å². The zero-order chi connectivity index (χ0) is 11.7. The van der Waals surface area contributed by atoms with Crippen molar-refractivity contribution in [2.45, 2.75) is 25.3 Å². The van der Waals surface area contributed by atoms with Crippen LogP contribution >= 0.6 is 11.5 Å². The van der Waals surface area contributed by atoms with Gasteiger partial charge in [0, 0.05) is 11.8 Å². The molecule has 2 aromatic heterocycles. The Bertz CT molecular complexity index is 506. The van der Waals surface area contributed by atoms with Crippen molar-refractivity contribution in [2.75, 3.05) is 11.1 Å². The van der Waals surface area contributed by atoms with Gasteiger partial charge < -0.3 is 11.1 Å². The third-order valence-electron chi connectivity index (χ3n) is 2.80. The maximum atomic E-state index is 5.88. The van der Waals surface area contributed by atoms with Crippen LogP contribution in [0.5, 0.6) is 0 Å². The van der Waals surface area contributed by atoms with Crippen LogP contribution in [0.4, 0.5) is 10.8 Å². The van der Waals surface area contributed by atoms with E-state index in [4.69, 9.17) is 5.73 Å². The number of rotatable bonds is 4. The Morgan fingerprint density at radius 3 is 3.06 bits per heavy atom. The fourth-order valence-electron chi connectivity index (χ4n) is 1.80. The molecule has 0 amide bonds. The van der Waals surface area contributed by atoms with Crippen molar-refractivity contribution in [3.05, 3.63) is 29.6 Å². The second kappa shape index (κ2) is 4.29. The van der Waals surface area contributed by atoms with Gasteiger partial charge in [0.15, 0.2) is 0 Å². The maximum Gasteiger partial charge on any atom is 0.142 e. The molecule has 1 aliphatic carbocycles. The molecule has 1 aliphatic rings. The zero-order valence-corrected chi connectivity index (χ0v) is 10.1. The van der Waals surface area contributed by atoms with Gasteiger partial charge in [-0.05, 0) is 42.4 Å². The van der Waals surface area contributed by atoms with Crippen molar-refractivity contribution in [3.8, 4) is 0 Å². The lowest BCUT2D eigenvalue weighted by molar-refractivity contribution is 0.925. The number of nitrogens with zero attached hydrogens (tertiary/aromatic N) is 3. The molecule has 0 radical (unpaired) electrons. The van der Waals surface area contributed by atoms with Crippen LogP contribution in [-0.4, -0.2) is 14.6 Å². The molecule has 2 heterocycles. The minimum atomic E-state index is 0.609. The largest absolute Gasteiger partial charge is 0.383 e. The molecule has 0 spiro atoms. The molecule has 0 aliphatic heterocycles. The summed E-state index contributed by atoms with van der Waals surface area (Å²) >= 11 is 1.43. The van der Waals surface area contributed by atoms with Crippen LogP contribution < -0.4 is 11.1 Å². The SMILES string of the molecule is Nc1nsc(NCc2cccnn2)c1C1CC1. The summed E-state index contributed by atoms with van der Waals surface area (Å²) in [5, 5.41) is 12.3. The van der Waals surface area contributed by atoms with Crippen LogP contribution in [-0.2, 0) is 6.54 Å². The van der Waals surface area contributed by atoms with E-state index >= 15 is 0 Å². The van der Waals surface area contributed by atoms with Gasteiger partial charge in [0.2, 0.25) is 0 Å². The summed E-state index contributed by atoms with van der Waals surface area (Å²) in [5.74, 6) is 1.29. The van der Waals surface area contributed by atoms with Crippen LogP contribution in [0.15, 0.2) is 18.3 Å². The van der Waals surface area contributed by atoms with Gasteiger partial charge in [0.05, 0.1) is 12.2 Å². The summed E-state index contributed by atoms with van der Waals surface area (Å²) < 4.78 is 4.21. The highest BCUT2D eigenvalue weighted by Crippen LogP contribution is 2.47. The summed E-state index contributed by atoms with van der Waals surface area (Å²) in [6.45, 7) is 0.662. The predicted octanol–water partition coefficient (Wildman–Crippen LogP) is 2.00. The maximum absolute atomic E-state index is 5.88. The molecule has 0 unspecified atom stereocenters. The molecule has 17 heavy (non-hydrogen) atoms. The summed E-state index contributed by atoms with van der Waals surface area (Å²) in [7, 11) is 0. The molecule has 3 N–H and O–H groups in total. The Morgan fingerprint density at radius 2 is 2.35 bits per heavy atom. The first-order chi connectivity index (χ1) is 8.34. The molecule has 0 saturated heterocycles. The number of aromatic nitrogens is 3. The van der Waals surface area contributed by atoms with E-state index in [9.17, 15) is 0 Å². The van der Waals surface area contributed by atoms with Gasteiger partial charge >= 0.3 is 0 Å². The molecule has 3 rings (SSSR count). The lowest BCUT2D eigenvalue weighted by atomic mass is 10.2. The van der Waals surface area contributed by atoms with Gasteiger partial charge in [0.25, 0.3) is 0 Å². The molecule has 5 nitrogen and oxygen atoms in total. The van der Waals surface area contributed by atoms with Crippen molar-refractivity contribution in [2.24, 2.45) is 0 Å².